The number of methoxy groups -OCH3 is 1. The van der Waals surface area contributed by atoms with Gasteiger partial charge in [-0.2, -0.15) is 0 Å². The third-order valence-electron chi connectivity index (χ3n) is 18.9. The van der Waals surface area contributed by atoms with Crippen molar-refractivity contribution in [2.45, 2.75) is 148 Å². The molecular formula is C61H86FN11O6S. The van der Waals surface area contributed by atoms with Crippen molar-refractivity contribution in [2.75, 3.05) is 91.6 Å². The molecule has 6 bridgehead atoms. The molecule has 4 aromatic rings. The van der Waals surface area contributed by atoms with Crippen molar-refractivity contribution in [3.8, 4) is 22.5 Å². The molecule has 3 aromatic heterocycles. The van der Waals surface area contributed by atoms with E-state index in [0.717, 1.165) is 122 Å². The number of amides is 3. The van der Waals surface area contributed by atoms with Gasteiger partial charge in [-0.3, -0.25) is 34.1 Å². The van der Waals surface area contributed by atoms with E-state index in [1.165, 1.54) is 48.6 Å². The second-order valence-electron chi connectivity index (χ2n) is 25.3. The number of thiazole rings is 1. The molecule has 434 valence electrons. The molecule has 6 aliphatic heterocycles. The van der Waals surface area contributed by atoms with Crippen molar-refractivity contribution >= 4 is 51.6 Å². The van der Waals surface area contributed by atoms with E-state index in [0.29, 0.717) is 78.8 Å². The van der Waals surface area contributed by atoms with Crippen LogP contribution in [0.4, 0.5) is 10.1 Å². The minimum absolute atomic E-state index is 0.1000. The number of nitrogens with zero attached hydrogens (tertiary/aromatic N) is 8. The van der Waals surface area contributed by atoms with Crippen molar-refractivity contribution < 1.29 is 33.0 Å². The normalized spacial score (nSPS) is 27.9. The van der Waals surface area contributed by atoms with Gasteiger partial charge in [0.1, 0.15) is 23.9 Å². The summed E-state index contributed by atoms with van der Waals surface area (Å²) in [4.78, 5) is 73.3. The SMILES string of the molecule is CCc1c(-c2cc(N3CCN(C)CC3)cnc2C(C)OC)n2c3cc(c(F)cc13)-c1csc(n1)CC(NC(=O)CC1CCCC1)C(=O)N1CCCC(N1)C(=O)OCC(C)(C)C2.CN1C(C(=O)N2CCC3CCNCC3C2)C1C1CC1. The fourth-order valence-electron chi connectivity index (χ4n) is 13.9. The number of anilines is 1. The first-order valence-corrected chi connectivity index (χ1v) is 31.0. The van der Waals surface area contributed by atoms with E-state index >= 15 is 4.39 Å². The highest BCUT2D eigenvalue weighted by molar-refractivity contribution is 7.10. The molecule has 5 saturated heterocycles. The number of aryl methyl sites for hydroxylation is 1. The molecule has 0 radical (unpaired) electrons. The maximum atomic E-state index is 16.7. The van der Waals surface area contributed by atoms with Gasteiger partial charge in [0.2, 0.25) is 11.8 Å². The number of benzene rings is 1. The van der Waals surface area contributed by atoms with E-state index in [1.54, 1.807) is 13.2 Å². The molecular weight excluding hydrogens is 1030 g/mol. The number of esters is 1. The van der Waals surface area contributed by atoms with Crippen LogP contribution in [0.2, 0.25) is 0 Å². The minimum atomic E-state index is -0.925. The van der Waals surface area contributed by atoms with Gasteiger partial charge < -0.3 is 39.4 Å². The summed E-state index contributed by atoms with van der Waals surface area (Å²) in [5.41, 5.74) is 8.84. The summed E-state index contributed by atoms with van der Waals surface area (Å²) in [7, 11) is 5.95. The number of hydrazine groups is 1. The Hall–Kier alpha value is -5.05. The Morgan fingerprint density at radius 2 is 1.74 bits per heavy atom. The lowest BCUT2D eigenvalue weighted by Gasteiger charge is -2.41. The van der Waals surface area contributed by atoms with Crippen LogP contribution in [0.15, 0.2) is 29.8 Å². The van der Waals surface area contributed by atoms with Gasteiger partial charge in [-0.1, -0.05) is 33.6 Å². The molecule has 17 nitrogen and oxygen atoms in total. The lowest BCUT2D eigenvalue weighted by atomic mass is 9.81. The van der Waals surface area contributed by atoms with Crippen molar-refractivity contribution in [3.05, 3.63) is 51.9 Å². The molecule has 1 aromatic carbocycles. The average Bonchev–Trinajstić information content (AvgIpc) is 4.43. The largest absolute Gasteiger partial charge is 0.464 e. The molecule has 0 spiro atoms. The van der Waals surface area contributed by atoms with Crippen molar-refractivity contribution in [1.29, 1.82) is 0 Å². The van der Waals surface area contributed by atoms with Crippen molar-refractivity contribution in [2.24, 2.45) is 29.1 Å². The first-order valence-electron chi connectivity index (χ1n) is 30.1. The van der Waals surface area contributed by atoms with Crippen LogP contribution in [-0.4, -0.2) is 169 Å². The minimum Gasteiger partial charge on any atom is -0.464 e. The number of aromatic nitrogens is 3. The number of piperidine rings is 2. The summed E-state index contributed by atoms with van der Waals surface area (Å²) in [6.07, 6.45) is 13.3. The zero-order valence-corrected chi connectivity index (χ0v) is 49.2. The number of rotatable bonds is 10. The molecule has 8 aliphatic rings. The summed E-state index contributed by atoms with van der Waals surface area (Å²) < 4.78 is 31.0. The monoisotopic (exact) mass is 1120 g/mol. The van der Waals surface area contributed by atoms with Crippen molar-refractivity contribution in [1.82, 2.24) is 50.3 Å². The van der Waals surface area contributed by atoms with Crippen LogP contribution in [0.3, 0.4) is 0 Å². The maximum absolute atomic E-state index is 16.7. The zero-order chi connectivity index (χ0) is 56.0. The summed E-state index contributed by atoms with van der Waals surface area (Å²) >= 11 is 1.34. The highest BCUT2D eigenvalue weighted by atomic mass is 32.1. The number of nitrogens with one attached hydrogen (secondary N) is 3. The lowest BCUT2D eigenvalue weighted by molar-refractivity contribution is -0.155. The van der Waals surface area contributed by atoms with Gasteiger partial charge in [0.05, 0.1) is 46.7 Å². The predicted octanol–water partition coefficient (Wildman–Crippen LogP) is 7.21. The third-order valence-corrected chi connectivity index (χ3v) is 19.8. The standard InChI is InChI=1S/C46H61FN8O5S.C15H25N3O/c1-7-31-32-21-35(47)33-22-39(32)54(43(31)34-20-30(24-48-42(34)28(2)59-6)53-17-15-52(5)16-18-53)26-46(3,4)27-60-45(58)36-13-10-14-55(51-36)44(57)37(23-41-50-38(33)25-61-41)49-40(56)19-29-11-8-9-12-29;1-17-13(11-2-3-11)14(17)15(19)18-7-5-10-4-6-16-8-12(10)9-18/h20-22,24-25,28-29,36-37,51H,7-19,23,26-27H2,1-6H3,(H,49,56);10-14,16H,2-9H2,1H3. The van der Waals surface area contributed by atoms with Crippen LogP contribution in [0.1, 0.15) is 121 Å². The number of carbonyl (C=O) groups excluding carboxylic acids is 4. The summed E-state index contributed by atoms with van der Waals surface area (Å²) in [5, 5.41) is 11.2. The number of pyridine rings is 1. The molecule has 12 rings (SSSR count). The highest BCUT2D eigenvalue weighted by Crippen LogP contribution is 2.47. The summed E-state index contributed by atoms with van der Waals surface area (Å²) in [6, 6.07) is 4.88. The average molecular weight is 1120 g/mol. The third kappa shape index (κ3) is 12.2. The second-order valence-corrected chi connectivity index (χ2v) is 26.3. The van der Waals surface area contributed by atoms with E-state index in [-0.39, 0.29) is 37.0 Å². The summed E-state index contributed by atoms with van der Waals surface area (Å²) in [6.45, 7) is 17.1. The van der Waals surface area contributed by atoms with Gasteiger partial charge >= 0.3 is 5.97 Å². The fraction of sp³-hybridized carbons (Fsp3) is 0.672. The first kappa shape index (κ1) is 56.8. The molecule has 2 saturated carbocycles. The fourth-order valence-corrected chi connectivity index (χ4v) is 14.8. The molecule has 80 heavy (non-hydrogen) atoms. The first-order chi connectivity index (χ1) is 38.6. The number of halogens is 1. The van der Waals surface area contributed by atoms with Gasteiger partial charge in [-0.25, -0.2) is 14.8 Å². The summed E-state index contributed by atoms with van der Waals surface area (Å²) in [5.74, 6) is 1.76. The Morgan fingerprint density at radius 1 is 0.950 bits per heavy atom. The lowest BCUT2D eigenvalue weighted by Crippen LogP contribution is -2.60. The van der Waals surface area contributed by atoms with Crippen LogP contribution in [0.5, 0.6) is 0 Å². The number of hydrogen-bond donors (Lipinski definition) is 3. The Labute approximate surface area is 476 Å². The molecule has 8 unspecified atom stereocenters. The Kier molecular flexibility index (Phi) is 17.1. The molecule has 19 heteroatoms. The van der Waals surface area contributed by atoms with E-state index in [4.69, 9.17) is 19.4 Å². The number of ether oxygens (including phenoxy) is 2. The van der Waals surface area contributed by atoms with Gasteiger partial charge in [0, 0.05) is 111 Å². The van der Waals surface area contributed by atoms with Gasteiger partial charge in [0.15, 0.2) is 0 Å². The highest BCUT2D eigenvalue weighted by Gasteiger charge is 2.58. The number of likely N-dealkylation sites (N-methyl/N-ethyl adjacent to an activating group) is 2. The van der Waals surface area contributed by atoms with E-state index in [1.807, 2.05) is 24.6 Å². The molecule has 2 aliphatic carbocycles. The topological polar surface area (TPSA) is 170 Å². The van der Waals surface area contributed by atoms with Crippen molar-refractivity contribution in [3.63, 3.8) is 0 Å². The smallest absolute Gasteiger partial charge is 0.324 e. The van der Waals surface area contributed by atoms with Crippen LogP contribution < -0.4 is 21.0 Å². The Morgan fingerprint density at radius 3 is 2.49 bits per heavy atom. The number of piperazine rings is 1. The van der Waals surface area contributed by atoms with E-state index in [2.05, 4.69) is 81.2 Å². The van der Waals surface area contributed by atoms with Gasteiger partial charge in [-0.15, -0.1) is 11.3 Å². The zero-order valence-electron chi connectivity index (χ0n) is 48.4. The molecule has 3 amide bonds. The quantitative estimate of drug-likeness (QED) is 0.108. The predicted molar refractivity (Wildman–Crippen MR) is 309 cm³/mol. The molecule has 3 N–H and O–H groups in total. The maximum Gasteiger partial charge on any atom is 0.324 e. The van der Waals surface area contributed by atoms with Crippen LogP contribution >= 0.6 is 11.3 Å². The van der Waals surface area contributed by atoms with Gasteiger partial charge in [-0.05, 0) is 139 Å². The van der Waals surface area contributed by atoms with Crippen LogP contribution in [-0.2, 0) is 48.0 Å². The van der Waals surface area contributed by atoms with E-state index in [9.17, 15) is 19.2 Å². The molecule has 9 heterocycles. The Bertz CT molecular complexity index is 2910. The van der Waals surface area contributed by atoms with Crippen LogP contribution in [0.25, 0.3) is 33.4 Å². The van der Waals surface area contributed by atoms with Crippen LogP contribution in [0, 0.1) is 34.9 Å². The number of hydrogen-bond acceptors (Lipinski definition) is 14. The second kappa shape index (κ2) is 24.0. The number of fused-ring (bicyclic) bond motifs is 7. The molecule has 8 atom stereocenters. The van der Waals surface area contributed by atoms with E-state index < -0.39 is 29.3 Å². The van der Waals surface area contributed by atoms with Gasteiger partial charge in [0.25, 0.3) is 5.91 Å². The number of cyclic esters (lactones) is 1. The Balaban J connectivity index is 0.000000295. The number of carbonyl (C=O) groups is 4. The number of likely N-dealkylation sites (tertiary alicyclic amines) is 1. The molecule has 7 fully saturated rings.